The van der Waals surface area contributed by atoms with Gasteiger partial charge in [0.25, 0.3) is 0 Å². The minimum Gasteiger partial charge on any atom is -0.388 e. The molecule has 0 amide bonds. The molecule has 2 nitrogen and oxygen atoms in total. The predicted molar refractivity (Wildman–Crippen MR) is 82.5 cm³/mol. The fourth-order valence-corrected chi connectivity index (χ4v) is 1.80. The van der Waals surface area contributed by atoms with E-state index in [1.807, 2.05) is 33.2 Å². The lowest BCUT2D eigenvalue weighted by Gasteiger charge is -2.13. The molecule has 0 spiro atoms. The summed E-state index contributed by atoms with van der Waals surface area (Å²) in [5.41, 5.74) is 5.53. The summed E-state index contributed by atoms with van der Waals surface area (Å²) in [6, 6.07) is 6.33. The molecule has 1 aromatic carbocycles. The summed E-state index contributed by atoms with van der Waals surface area (Å²) >= 11 is 0. The number of nitrogens with one attached hydrogen (secondary N) is 1. The molecule has 0 atom stereocenters. The summed E-state index contributed by atoms with van der Waals surface area (Å²) in [5, 5.41) is 3.21. The van der Waals surface area contributed by atoms with Crippen LogP contribution in [-0.2, 0) is 0 Å². The van der Waals surface area contributed by atoms with Crippen molar-refractivity contribution in [1.82, 2.24) is 0 Å². The van der Waals surface area contributed by atoms with Crippen molar-refractivity contribution in [3.8, 4) is 0 Å². The number of aliphatic imine (C=N–C) groups is 1. The number of nitrogens with zero attached hydrogens (tertiary/aromatic N) is 1. The van der Waals surface area contributed by atoms with Crippen LogP contribution in [0.4, 0.5) is 5.69 Å². The van der Waals surface area contributed by atoms with Gasteiger partial charge in [0.05, 0.1) is 0 Å². The van der Waals surface area contributed by atoms with E-state index in [4.69, 9.17) is 0 Å². The lowest BCUT2D eigenvalue weighted by atomic mass is 9.96. The molecule has 2 heteroatoms. The fourth-order valence-electron chi connectivity index (χ4n) is 1.80. The number of hydrogen-bond donors (Lipinski definition) is 1. The van der Waals surface area contributed by atoms with Crippen LogP contribution in [0.5, 0.6) is 0 Å². The Morgan fingerprint density at radius 2 is 2.17 bits per heavy atom. The van der Waals surface area contributed by atoms with Crippen LogP contribution in [0.15, 0.2) is 41.4 Å². The van der Waals surface area contributed by atoms with Crippen LogP contribution < -0.4 is 5.32 Å². The fraction of sp³-hybridized carbons (Fsp3) is 0.312. The molecule has 1 rings (SSSR count). The summed E-state index contributed by atoms with van der Waals surface area (Å²) in [4.78, 5) is 4.29. The van der Waals surface area contributed by atoms with Crippen LogP contribution in [-0.4, -0.2) is 19.8 Å². The van der Waals surface area contributed by atoms with Gasteiger partial charge < -0.3 is 5.32 Å². The third-order valence-electron chi connectivity index (χ3n) is 2.84. The maximum atomic E-state index is 4.29. The highest BCUT2D eigenvalue weighted by Crippen LogP contribution is 2.28. The van der Waals surface area contributed by atoms with Gasteiger partial charge in [-0.1, -0.05) is 24.3 Å². The SMILES string of the molecule is C=C(/C(C=NCC)=C/C)c1cc(C)ccc1NC. The minimum atomic E-state index is 0.789. The first-order valence-electron chi connectivity index (χ1n) is 6.28. The molecule has 18 heavy (non-hydrogen) atoms. The molecule has 0 heterocycles. The number of benzene rings is 1. The molecule has 0 aliphatic carbocycles. The van der Waals surface area contributed by atoms with Gasteiger partial charge in [0, 0.05) is 31.1 Å². The van der Waals surface area contributed by atoms with E-state index in [0.717, 1.165) is 28.9 Å². The lowest BCUT2D eigenvalue weighted by molar-refractivity contribution is 1.14. The Bertz CT molecular complexity index is 482. The van der Waals surface area contributed by atoms with Gasteiger partial charge in [-0.3, -0.25) is 4.99 Å². The smallest absolute Gasteiger partial charge is 0.0417 e. The van der Waals surface area contributed by atoms with Crippen LogP contribution in [0.2, 0.25) is 0 Å². The normalized spacial score (nSPS) is 11.9. The van der Waals surface area contributed by atoms with E-state index in [-0.39, 0.29) is 0 Å². The van der Waals surface area contributed by atoms with Crippen LogP contribution in [0, 0.1) is 6.92 Å². The van der Waals surface area contributed by atoms with Gasteiger partial charge in [-0.05, 0) is 44.1 Å². The Morgan fingerprint density at radius 3 is 2.72 bits per heavy atom. The van der Waals surface area contributed by atoms with Gasteiger partial charge in [-0.15, -0.1) is 0 Å². The van der Waals surface area contributed by atoms with Crippen molar-refractivity contribution in [2.24, 2.45) is 4.99 Å². The Kier molecular flexibility index (Phi) is 5.37. The first kappa shape index (κ1) is 14.2. The van der Waals surface area contributed by atoms with Crippen LogP contribution in [0.3, 0.4) is 0 Å². The van der Waals surface area contributed by atoms with Crippen molar-refractivity contribution in [3.05, 3.63) is 47.6 Å². The van der Waals surface area contributed by atoms with E-state index in [1.54, 1.807) is 0 Å². The highest BCUT2D eigenvalue weighted by atomic mass is 14.8. The van der Waals surface area contributed by atoms with Gasteiger partial charge in [-0.2, -0.15) is 0 Å². The summed E-state index contributed by atoms with van der Waals surface area (Å²) < 4.78 is 0. The predicted octanol–water partition coefficient (Wildman–Crippen LogP) is 4.09. The third kappa shape index (κ3) is 3.33. The minimum absolute atomic E-state index is 0.789. The van der Waals surface area contributed by atoms with E-state index in [9.17, 15) is 0 Å². The van der Waals surface area contributed by atoms with Crippen molar-refractivity contribution in [3.63, 3.8) is 0 Å². The molecule has 0 fully saturated rings. The zero-order chi connectivity index (χ0) is 13.5. The van der Waals surface area contributed by atoms with Gasteiger partial charge in [-0.25, -0.2) is 0 Å². The van der Waals surface area contributed by atoms with Crippen LogP contribution >= 0.6 is 0 Å². The van der Waals surface area contributed by atoms with Gasteiger partial charge in [0.2, 0.25) is 0 Å². The number of anilines is 1. The largest absolute Gasteiger partial charge is 0.388 e. The Labute approximate surface area is 110 Å². The second-order valence-electron chi connectivity index (χ2n) is 4.15. The van der Waals surface area contributed by atoms with Crippen molar-refractivity contribution in [1.29, 1.82) is 0 Å². The molecule has 0 radical (unpaired) electrons. The van der Waals surface area contributed by atoms with Gasteiger partial charge >= 0.3 is 0 Å². The number of hydrogen-bond acceptors (Lipinski definition) is 2. The summed E-state index contributed by atoms with van der Waals surface area (Å²) in [6.07, 6.45) is 3.94. The van der Waals surface area contributed by atoms with Crippen molar-refractivity contribution < 1.29 is 0 Å². The zero-order valence-electron chi connectivity index (χ0n) is 11.7. The molecule has 0 aliphatic rings. The van der Waals surface area contributed by atoms with Gasteiger partial charge in [0.1, 0.15) is 0 Å². The Hall–Kier alpha value is -1.83. The average Bonchev–Trinajstić information content (AvgIpc) is 2.39. The molecule has 0 saturated carbocycles. The molecule has 0 bridgehead atoms. The number of rotatable bonds is 5. The lowest BCUT2D eigenvalue weighted by Crippen LogP contribution is -1.98. The molecular formula is C16H22N2. The van der Waals surface area contributed by atoms with Crippen LogP contribution in [0.1, 0.15) is 25.0 Å². The summed E-state index contributed by atoms with van der Waals surface area (Å²) in [7, 11) is 1.93. The molecule has 0 unspecified atom stereocenters. The van der Waals surface area contributed by atoms with E-state index in [2.05, 4.69) is 42.0 Å². The molecule has 1 N–H and O–H groups in total. The van der Waals surface area contributed by atoms with Crippen molar-refractivity contribution in [2.45, 2.75) is 20.8 Å². The van der Waals surface area contributed by atoms with Crippen LogP contribution in [0.25, 0.3) is 5.57 Å². The van der Waals surface area contributed by atoms with Crippen molar-refractivity contribution >= 4 is 17.5 Å². The molecule has 0 aromatic heterocycles. The third-order valence-corrected chi connectivity index (χ3v) is 2.84. The molecule has 0 aliphatic heterocycles. The van der Waals surface area contributed by atoms with Gasteiger partial charge in [0.15, 0.2) is 0 Å². The molecular weight excluding hydrogens is 220 g/mol. The highest BCUT2D eigenvalue weighted by molar-refractivity contribution is 6.02. The topological polar surface area (TPSA) is 24.4 Å². The second-order valence-corrected chi connectivity index (χ2v) is 4.15. The first-order valence-corrected chi connectivity index (χ1v) is 6.28. The van der Waals surface area contributed by atoms with Crippen molar-refractivity contribution in [2.75, 3.05) is 18.9 Å². The number of allylic oxidation sites excluding steroid dienone is 3. The monoisotopic (exact) mass is 242 g/mol. The average molecular weight is 242 g/mol. The van der Waals surface area contributed by atoms with E-state index < -0.39 is 0 Å². The quantitative estimate of drug-likeness (QED) is 0.610. The van der Waals surface area contributed by atoms with E-state index >= 15 is 0 Å². The molecule has 1 aromatic rings. The summed E-state index contributed by atoms with van der Waals surface area (Å²) in [6.45, 7) is 11.1. The maximum absolute atomic E-state index is 4.29. The summed E-state index contributed by atoms with van der Waals surface area (Å²) in [5.74, 6) is 0. The first-order chi connectivity index (χ1) is 8.63. The maximum Gasteiger partial charge on any atom is 0.0417 e. The standard InChI is InChI=1S/C16H22N2/c1-6-14(11-18-7-2)13(4)15-10-12(3)8-9-16(15)17-5/h6,8-11,17H,4,7H2,1-3,5H3/b14-6+,18-11?. The Balaban J connectivity index is 3.16. The second kappa shape index (κ2) is 6.80. The Morgan fingerprint density at radius 1 is 1.44 bits per heavy atom. The van der Waals surface area contributed by atoms with E-state index in [1.165, 1.54) is 5.56 Å². The van der Waals surface area contributed by atoms with E-state index in [0.29, 0.717) is 0 Å². The zero-order valence-corrected chi connectivity index (χ0v) is 11.7. The highest BCUT2D eigenvalue weighted by Gasteiger charge is 2.08. The molecule has 96 valence electrons. The number of aryl methyl sites for hydroxylation is 1. The molecule has 0 saturated heterocycles.